The van der Waals surface area contributed by atoms with E-state index < -0.39 is 0 Å². The van der Waals surface area contributed by atoms with Gasteiger partial charge in [0.25, 0.3) is 0 Å². The standard InChI is InChI=1S/C17H14ClN/c1-11-8-9-15-14(10-11)16(18)12(2)17(19-15)13-6-4-3-5-7-13/h3-10H,1-2H3. The molecule has 0 spiro atoms. The minimum atomic E-state index is 0.799. The van der Waals surface area contributed by atoms with Gasteiger partial charge in [0.05, 0.1) is 16.2 Å². The Morgan fingerprint density at radius 2 is 1.68 bits per heavy atom. The van der Waals surface area contributed by atoms with E-state index in [1.165, 1.54) is 5.56 Å². The van der Waals surface area contributed by atoms with E-state index in [1.807, 2.05) is 31.2 Å². The van der Waals surface area contributed by atoms with Crippen LogP contribution < -0.4 is 0 Å². The van der Waals surface area contributed by atoms with Crippen molar-refractivity contribution in [1.82, 2.24) is 4.98 Å². The molecule has 0 aliphatic rings. The monoisotopic (exact) mass is 267 g/mol. The highest BCUT2D eigenvalue weighted by Crippen LogP contribution is 2.33. The third kappa shape index (κ3) is 2.11. The minimum absolute atomic E-state index is 0.799. The number of aromatic nitrogens is 1. The predicted octanol–water partition coefficient (Wildman–Crippen LogP) is 5.17. The summed E-state index contributed by atoms with van der Waals surface area (Å²) in [5.74, 6) is 0. The van der Waals surface area contributed by atoms with Crippen molar-refractivity contribution in [3.63, 3.8) is 0 Å². The maximum atomic E-state index is 6.51. The molecule has 0 amide bonds. The summed E-state index contributed by atoms with van der Waals surface area (Å²) in [6, 6.07) is 16.3. The number of benzene rings is 2. The Hall–Kier alpha value is -1.86. The summed E-state index contributed by atoms with van der Waals surface area (Å²) >= 11 is 6.51. The van der Waals surface area contributed by atoms with Crippen LogP contribution in [-0.2, 0) is 0 Å². The van der Waals surface area contributed by atoms with Gasteiger partial charge in [0.2, 0.25) is 0 Å². The number of nitrogens with zero attached hydrogens (tertiary/aromatic N) is 1. The summed E-state index contributed by atoms with van der Waals surface area (Å²) < 4.78 is 0. The molecule has 0 atom stereocenters. The quantitative estimate of drug-likeness (QED) is 0.593. The summed E-state index contributed by atoms with van der Waals surface area (Å²) in [6.07, 6.45) is 0. The van der Waals surface area contributed by atoms with Crippen molar-refractivity contribution >= 4 is 22.5 Å². The van der Waals surface area contributed by atoms with E-state index in [4.69, 9.17) is 16.6 Å². The fraction of sp³-hybridized carbons (Fsp3) is 0.118. The van der Waals surface area contributed by atoms with Gasteiger partial charge >= 0.3 is 0 Å². The van der Waals surface area contributed by atoms with E-state index in [0.717, 1.165) is 32.7 Å². The van der Waals surface area contributed by atoms with Crippen LogP contribution in [0.5, 0.6) is 0 Å². The molecule has 3 aromatic rings. The van der Waals surface area contributed by atoms with Crippen molar-refractivity contribution in [1.29, 1.82) is 0 Å². The number of aryl methyl sites for hydroxylation is 1. The van der Waals surface area contributed by atoms with Crippen LogP contribution in [0, 0.1) is 13.8 Å². The summed E-state index contributed by atoms with van der Waals surface area (Å²) in [5.41, 5.74) is 5.24. The van der Waals surface area contributed by atoms with Crippen molar-refractivity contribution in [2.75, 3.05) is 0 Å². The Morgan fingerprint density at radius 3 is 2.42 bits per heavy atom. The van der Waals surface area contributed by atoms with Gasteiger partial charge in [0.1, 0.15) is 0 Å². The zero-order valence-electron chi connectivity index (χ0n) is 10.9. The first kappa shape index (κ1) is 12.2. The van der Waals surface area contributed by atoms with Crippen LogP contribution in [0.2, 0.25) is 5.02 Å². The van der Waals surface area contributed by atoms with E-state index in [9.17, 15) is 0 Å². The van der Waals surface area contributed by atoms with Crippen LogP contribution in [-0.4, -0.2) is 4.98 Å². The lowest BCUT2D eigenvalue weighted by molar-refractivity contribution is 1.32. The Labute approximate surface area is 117 Å². The molecule has 1 aromatic heterocycles. The van der Waals surface area contributed by atoms with Crippen molar-refractivity contribution in [2.45, 2.75) is 13.8 Å². The third-order valence-electron chi connectivity index (χ3n) is 3.35. The van der Waals surface area contributed by atoms with E-state index >= 15 is 0 Å². The average molecular weight is 268 g/mol. The van der Waals surface area contributed by atoms with Crippen LogP contribution in [0.4, 0.5) is 0 Å². The topological polar surface area (TPSA) is 12.9 Å². The molecule has 0 bridgehead atoms. The SMILES string of the molecule is Cc1ccc2nc(-c3ccccc3)c(C)c(Cl)c2c1. The lowest BCUT2D eigenvalue weighted by atomic mass is 10.0. The minimum Gasteiger partial charge on any atom is -0.247 e. The molecule has 2 heteroatoms. The first-order chi connectivity index (χ1) is 9.16. The molecule has 0 fully saturated rings. The molecule has 0 unspecified atom stereocenters. The molecular formula is C17H14ClN. The van der Waals surface area contributed by atoms with Crippen molar-refractivity contribution in [2.24, 2.45) is 0 Å². The molecule has 2 aromatic carbocycles. The molecule has 19 heavy (non-hydrogen) atoms. The Kier molecular flexibility index (Phi) is 3.00. The second-order valence-corrected chi connectivity index (χ2v) is 5.16. The van der Waals surface area contributed by atoms with E-state index in [-0.39, 0.29) is 0 Å². The van der Waals surface area contributed by atoms with Crippen LogP contribution >= 0.6 is 11.6 Å². The van der Waals surface area contributed by atoms with Crippen molar-refractivity contribution in [3.8, 4) is 11.3 Å². The van der Waals surface area contributed by atoms with Gasteiger partial charge in [-0.1, -0.05) is 53.6 Å². The number of pyridine rings is 1. The highest BCUT2D eigenvalue weighted by Gasteiger charge is 2.11. The Balaban J connectivity index is 2.34. The van der Waals surface area contributed by atoms with Crippen LogP contribution in [0.15, 0.2) is 48.5 Å². The highest BCUT2D eigenvalue weighted by atomic mass is 35.5. The fourth-order valence-electron chi connectivity index (χ4n) is 2.31. The predicted molar refractivity (Wildman–Crippen MR) is 81.7 cm³/mol. The summed E-state index contributed by atoms with van der Waals surface area (Å²) in [5, 5.41) is 1.83. The molecule has 1 nitrogen and oxygen atoms in total. The Bertz CT molecular complexity index is 748. The number of hydrogen-bond acceptors (Lipinski definition) is 1. The maximum Gasteiger partial charge on any atom is 0.0753 e. The first-order valence-electron chi connectivity index (χ1n) is 6.28. The number of rotatable bonds is 1. The maximum absolute atomic E-state index is 6.51. The third-order valence-corrected chi connectivity index (χ3v) is 3.84. The van der Waals surface area contributed by atoms with Gasteiger partial charge in [-0.2, -0.15) is 0 Å². The lowest BCUT2D eigenvalue weighted by Gasteiger charge is -2.11. The van der Waals surface area contributed by atoms with Crippen LogP contribution in [0.1, 0.15) is 11.1 Å². The van der Waals surface area contributed by atoms with Crippen molar-refractivity contribution in [3.05, 3.63) is 64.7 Å². The molecule has 0 saturated heterocycles. The summed E-state index contributed by atoms with van der Waals surface area (Å²) in [7, 11) is 0. The number of halogens is 1. The van der Waals surface area contributed by atoms with E-state index in [1.54, 1.807) is 0 Å². The normalized spacial score (nSPS) is 10.9. The summed E-state index contributed by atoms with van der Waals surface area (Å²) in [6.45, 7) is 4.09. The molecule has 94 valence electrons. The molecule has 0 aliphatic heterocycles. The molecule has 1 heterocycles. The molecule has 0 saturated carbocycles. The van der Waals surface area contributed by atoms with Gasteiger partial charge in [-0.05, 0) is 31.5 Å². The van der Waals surface area contributed by atoms with Gasteiger partial charge in [0.15, 0.2) is 0 Å². The second kappa shape index (κ2) is 4.67. The van der Waals surface area contributed by atoms with Gasteiger partial charge in [-0.25, -0.2) is 4.98 Å². The van der Waals surface area contributed by atoms with Crippen molar-refractivity contribution < 1.29 is 0 Å². The molecule has 3 rings (SSSR count). The van der Waals surface area contributed by atoms with Gasteiger partial charge in [-0.15, -0.1) is 0 Å². The number of hydrogen-bond donors (Lipinski definition) is 0. The van der Waals surface area contributed by atoms with Gasteiger partial charge in [-0.3, -0.25) is 0 Å². The zero-order chi connectivity index (χ0) is 13.4. The Morgan fingerprint density at radius 1 is 0.947 bits per heavy atom. The fourth-order valence-corrected chi connectivity index (χ4v) is 2.55. The average Bonchev–Trinajstić information content (AvgIpc) is 2.44. The largest absolute Gasteiger partial charge is 0.247 e. The molecular weight excluding hydrogens is 254 g/mol. The number of fused-ring (bicyclic) bond motifs is 1. The smallest absolute Gasteiger partial charge is 0.0753 e. The second-order valence-electron chi connectivity index (χ2n) is 4.79. The van der Waals surface area contributed by atoms with Gasteiger partial charge in [0, 0.05) is 10.9 Å². The van der Waals surface area contributed by atoms with E-state index in [2.05, 4.69) is 31.2 Å². The zero-order valence-corrected chi connectivity index (χ0v) is 11.7. The molecule has 0 aliphatic carbocycles. The molecule has 0 N–H and O–H groups in total. The van der Waals surface area contributed by atoms with Crippen LogP contribution in [0.3, 0.4) is 0 Å². The van der Waals surface area contributed by atoms with Gasteiger partial charge < -0.3 is 0 Å². The first-order valence-corrected chi connectivity index (χ1v) is 6.66. The summed E-state index contributed by atoms with van der Waals surface area (Å²) in [4.78, 5) is 4.76. The highest BCUT2D eigenvalue weighted by molar-refractivity contribution is 6.36. The van der Waals surface area contributed by atoms with Crippen LogP contribution in [0.25, 0.3) is 22.2 Å². The lowest BCUT2D eigenvalue weighted by Crippen LogP contribution is -1.92. The molecule has 0 radical (unpaired) electrons. The van der Waals surface area contributed by atoms with E-state index in [0.29, 0.717) is 0 Å².